The lowest BCUT2D eigenvalue weighted by Gasteiger charge is -2.32. The van der Waals surface area contributed by atoms with Gasteiger partial charge >= 0.3 is 0 Å². The van der Waals surface area contributed by atoms with E-state index < -0.39 is 0 Å². The molecule has 4 unspecified atom stereocenters. The van der Waals surface area contributed by atoms with Crippen LogP contribution in [0, 0.1) is 24.2 Å². The Morgan fingerprint density at radius 3 is 2.67 bits per heavy atom. The lowest BCUT2D eigenvalue weighted by atomic mass is 9.76. The van der Waals surface area contributed by atoms with Crippen LogP contribution in [0.3, 0.4) is 0 Å². The standard InChI is InChI=1S/C15H19IP2/c1-3-12-9(2)6-10(7-14(12)17)13-5-4-11(16)8-15(13)18/h1,8-10H,4-7,17-18H2,2H3. The summed E-state index contributed by atoms with van der Waals surface area (Å²) in [5.74, 6) is 4.07. The van der Waals surface area contributed by atoms with Crippen molar-refractivity contribution in [1.82, 2.24) is 0 Å². The van der Waals surface area contributed by atoms with Gasteiger partial charge in [0.15, 0.2) is 0 Å². The Labute approximate surface area is 129 Å². The van der Waals surface area contributed by atoms with Gasteiger partial charge in [0.25, 0.3) is 0 Å². The summed E-state index contributed by atoms with van der Waals surface area (Å²) in [4.78, 5) is 0. The molecule has 0 fully saturated rings. The van der Waals surface area contributed by atoms with E-state index in [9.17, 15) is 0 Å². The van der Waals surface area contributed by atoms with Gasteiger partial charge in [-0.1, -0.05) is 18.4 Å². The van der Waals surface area contributed by atoms with E-state index in [-0.39, 0.29) is 0 Å². The molecule has 0 N–H and O–H groups in total. The fourth-order valence-electron chi connectivity index (χ4n) is 2.99. The van der Waals surface area contributed by atoms with E-state index in [1.165, 1.54) is 39.0 Å². The highest BCUT2D eigenvalue weighted by molar-refractivity contribution is 14.1. The molecule has 0 heterocycles. The molecule has 0 spiro atoms. The third kappa shape index (κ3) is 3.09. The van der Waals surface area contributed by atoms with Crippen LogP contribution in [0.5, 0.6) is 0 Å². The van der Waals surface area contributed by atoms with Crippen molar-refractivity contribution in [2.24, 2.45) is 11.8 Å². The topological polar surface area (TPSA) is 0 Å². The lowest BCUT2D eigenvalue weighted by Crippen LogP contribution is -2.18. The first-order valence-corrected chi connectivity index (χ1v) is 8.56. The van der Waals surface area contributed by atoms with Gasteiger partial charge in [0.05, 0.1) is 0 Å². The lowest BCUT2D eigenvalue weighted by molar-refractivity contribution is 0.442. The van der Waals surface area contributed by atoms with Gasteiger partial charge < -0.3 is 0 Å². The van der Waals surface area contributed by atoms with Gasteiger partial charge in [-0.3, -0.25) is 0 Å². The van der Waals surface area contributed by atoms with Crippen molar-refractivity contribution >= 4 is 41.1 Å². The number of hydrogen-bond acceptors (Lipinski definition) is 0. The van der Waals surface area contributed by atoms with Crippen LogP contribution in [-0.4, -0.2) is 0 Å². The first kappa shape index (κ1) is 14.8. The third-order valence-corrected chi connectivity index (χ3v) is 5.84. The Kier molecular flexibility index (Phi) is 5.10. The molecule has 0 aromatic heterocycles. The maximum Gasteiger partial charge on any atom is 0.00776 e. The van der Waals surface area contributed by atoms with E-state index in [1.54, 1.807) is 5.57 Å². The summed E-state index contributed by atoms with van der Waals surface area (Å²) in [6, 6.07) is 0. The molecule has 0 aliphatic heterocycles. The van der Waals surface area contributed by atoms with Gasteiger partial charge in [0.2, 0.25) is 0 Å². The predicted molar refractivity (Wildman–Crippen MR) is 95.5 cm³/mol. The third-order valence-electron chi connectivity index (χ3n) is 3.91. The molecule has 4 atom stereocenters. The molecule has 0 aromatic carbocycles. The Hall–Kier alpha value is 0.370. The Morgan fingerprint density at radius 1 is 1.39 bits per heavy atom. The molecule has 3 heteroatoms. The molecule has 96 valence electrons. The van der Waals surface area contributed by atoms with Crippen LogP contribution >= 0.6 is 41.1 Å². The second-order valence-electron chi connectivity index (χ2n) is 5.19. The van der Waals surface area contributed by atoms with Crippen molar-refractivity contribution in [1.29, 1.82) is 0 Å². The molecular weight excluding hydrogens is 369 g/mol. The molecule has 0 aromatic rings. The number of hydrogen-bond donors (Lipinski definition) is 0. The van der Waals surface area contributed by atoms with Gasteiger partial charge in [0, 0.05) is 5.57 Å². The Bertz CT molecular complexity index is 491. The summed E-state index contributed by atoms with van der Waals surface area (Å²) in [7, 11) is 5.79. The van der Waals surface area contributed by atoms with Crippen molar-refractivity contribution in [3.8, 4) is 12.3 Å². The van der Waals surface area contributed by atoms with Gasteiger partial charge in [-0.25, -0.2) is 0 Å². The van der Waals surface area contributed by atoms with Gasteiger partial charge in [-0.15, -0.1) is 24.9 Å². The second-order valence-corrected chi connectivity index (χ2v) is 7.90. The first-order valence-electron chi connectivity index (χ1n) is 6.32. The highest BCUT2D eigenvalue weighted by Gasteiger charge is 2.27. The van der Waals surface area contributed by atoms with Crippen molar-refractivity contribution in [3.05, 3.63) is 31.4 Å². The van der Waals surface area contributed by atoms with Crippen LogP contribution in [0.15, 0.2) is 31.4 Å². The van der Waals surface area contributed by atoms with Crippen molar-refractivity contribution < 1.29 is 0 Å². The summed E-state index contributed by atoms with van der Waals surface area (Å²) in [6.07, 6.45) is 12.7. The molecule has 0 nitrogen and oxygen atoms in total. The number of rotatable bonds is 1. The molecule has 0 radical (unpaired) electrons. The smallest absolute Gasteiger partial charge is 0.00776 e. The molecule has 2 aliphatic rings. The zero-order valence-electron chi connectivity index (χ0n) is 10.7. The summed E-state index contributed by atoms with van der Waals surface area (Å²) >= 11 is 2.44. The first-order chi connectivity index (χ1) is 8.52. The minimum absolute atomic E-state index is 0.525. The highest BCUT2D eigenvalue weighted by Crippen LogP contribution is 2.44. The molecule has 0 saturated carbocycles. The second kappa shape index (κ2) is 6.21. The summed E-state index contributed by atoms with van der Waals surface area (Å²) in [6.45, 7) is 2.26. The SMILES string of the molecule is C#CC1=C(P)CC(C2=C(P)C=C(I)CC2)CC1C. The number of terminal acetylenes is 1. The predicted octanol–water partition coefficient (Wildman–Crippen LogP) is 5.04. The van der Waals surface area contributed by atoms with Crippen LogP contribution in [0.1, 0.15) is 32.6 Å². The average Bonchev–Trinajstić information content (AvgIpc) is 2.28. The zero-order chi connectivity index (χ0) is 13.3. The van der Waals surface area contributed by atoms with Crippen molar-refractivity contribution in [3.63, 3.8) is 0 Å². The zero-order valence-corrected chi connectivity index (χ0v) is 15.1. The van der Waals surface area contributed by atoms with Crippen LogP contribution < -0.4 is 0 Å². The minimum Gasteiger partial charge on any atom is -0.115 e. The fraction of sp³-hybridized carbons (Fsp3) is 0.467. The van der Waals surface area contributed by atoms with Crippen LogP contribution in [0.2, 0.25) is 0 Å². The molecule has 18 heavy (non-hydrogen) atoms. The monoisotopic (exact) mass is 388 g/mol. The van der Waals surface area contributed by atoms with Gasteiger partial charge in [-0.2, -0.15) is 0 Å². The van der Waals surface area contributed by atoms with Crippen LogP contribution in [0.4, 0.5) is 0 Å². The Morgan fingerprint density at radius 2 is 2.11 bits per heavy atom. The summed E-state index contributed by atoms with van der Waals surface area (Å²) < 4.78 is 1.47. The average molecular weight is 388 g/mol. The highest BCUT2D eigenvalue weighted by atomic mass is 127. The van der Waals surface area contributed by atoms with Gasteiger partial charge in [0.1, 0.15) is 0 Å². The van der Waals surface area contributed by atoms with E-state index >= 15 is 0 Å². The van der Waals surface area contributed by atoms with Crippen LogP contribution in [0.25, 0.3) is 0 Å². The maximum absolute atomic E-state index is 5.61. The van der Waals surface area contributed by atoms with E-state index in [4.69, 9.17) is 6.42 Å². The summed E-state index contributed by atoms with van der Waals surface area (Å²) in [5.41, 5.74) is 2.84. The van der Waals surface area contributed by atoms with E-state index in [1.807, 2.05) is 0 Å². The fourth-order valence-corrected chi connectivity index (χ4v) is 5.17. The van der Waals surface area contributed by atoms with Crippen LogP contribution in [-0.2, 0) is 0 Å². The minimum atomic E-state index is 0.525. The molecule has 2 rings (SSSR count). The quantitative estimate of drug-likeness (QED) is 0.336. The Balaban J connectivity index is 2.27. The molecule has 0 bridgehead atoms. The number of allylic oxidation sites excluding steroid dienone is 6. The van der Waals surface area contributed by atoms with E-state index in [0.717, 1.165) is 6.42 Å². The van der Waals surface area contributed by atoms with Gasteiger partial charge in [-0.05, 0) is 80.4 Å². The molecule has 0 saturated heterocycles. The van der Waals surface area contributed by atoms with Crippen molar-refractivity contribution in [2.45, 2.75) is 32.6 Å². The maximum atomic E-state index is 5.61. The molecule has 0 amide bonds. The van der Waals surface area contributed by atoms with E-state index in [2.05, 4.69) is 60.0 Å². The molecular formula is C15H19IP2. The molecule has 2 aliphatic carbocycles. The number of halogens is 1. The summed E-state index contributed by atoms with van der Waals surface area (Å²) in [5, 5.41) is 2.75. The largest absolute Gasteiger partial charge is 0.115 e. The normalized spacial score (nSPS) is 29.2. The van der Waals surface area contributed by atoms with Crippen molar-refractivity contribution in [2.75, 3.05) is 0 Å². The van der Waals surface area contributed by atoms with E-state index in [0.29, 0.717) is 11.8 Å².